The van der Waals surface area contributed by atoms with Gasteiger partial charge in [-0.1, -0.05) is 19.8 Å². The maximum absolute atomic E-state index is 11.6. The molecule has 1 rings (SSSR count). The second kappa shape index (κ2) is 8.81. The highest BCUT2D eigenvalue weighted by atomic mass is 32.2. The van der Waals surface area contributed by atoms with Crippen LogP contribution in [0.25, 0.3) is 0 Å². The van der Waals surface area contributed by atoms with Crippen LogP contribution >= 0.6 is 11.8 Å². The zero-order chi connectivity index (χ0) is 13.4. The van der Waals surface area contributed by atoms with Crippen molar-refractivity contribution in [1.82, 2.24) is 5.32 Å². The number of carbonyl (C=O) groups is 1. The topological polar surface area (TPSA) is 38.3 Å². The van der Waals surface area contributed by atoms with Crippen molar-refractivity contribution in [3.63, 3.8) is 0 Å². The molecule has 0 aromatic heterocycles. The quantitative estimate of drug-likeness (QED) is 0.724. The number of hydrogen-bond acceptors (Lipinski definition) is 4. The van der Waals surface area contributed by atoms with Crippen LogP contribution in [-0.4, -0.2) is 36.7 Å². The first-order valence-corrected chi connectivity index (χ1v) is 8.17. The average molecular weight is 273 g/mol. The van der Waals surface area contributed by atoms with Crippen LogP contribution in [0.1, 0.15) is 46.0 Å². The first-order chi connectivity index (χ1) is 8.67. The summed E-state index contributed by atoms with van der Waals surface area (Å²) < 4.78 is 5.04. The van der Waals surface area contributed by atoms with Crippen molar-refractivity contribution in [1.29, 1.82) is 0 Å². The van der Waals surface area contributed by atoms with Crippen molar-refractivity contribution in [2.24, 2.45) is 5.92 Å². The van der Waals surface area contributed by atoms with E-state index in [4.69, 9.17) is 4.74 Å². The highest BCUT2D eigenvalue weighted by molar-refractivity contribution is 7.99. The number of carbonyl (C=O) groups excluding carboxylic acids is 1. The monoisotopic (exact) mass is 273 g/mol. The average Bonchev–Trinajstić information content (AvgIpc) is 2.35. The molecule has 0 aromatic rings. The Labute approximate surface area is 115 Å². The highest BCUT2D eigenvalue weighted by Crippen LogP contribution is 2.32. The molecule has 4 heteroatoms. The summed E-state index contributed by atoms with van der Waals surface area (Å²) in [4.78, 5) is 11.6. The van der Waals surface area contributed by atoms with Crippen LogP contribution in [0.3, 0.4) is 0 Å². The predicted octanol–water partition coefficient (Wildman–Crippen LogP) is 2.84. The molecule has 1 N–H and O–H groups in total. The molecule has 0 aliphatic heterocycles. The maximum Gasteiger partial charge on any atom is 0.323 e. The van der Waals surface area contributed by atoms with Crippen LogP contribution in [0.15, 0.2) is 0 Å². The summed E-state index contributed by atoms with van der Waals surface area (Å²) in [6, 6.07) is -0.140. The van der Waals surface area contributed by atoms with Gasteiger partial charge in [-0.05, 0) is 44.9 Å². The van der Waals surface area contributed by atoms with Gasteiger partial charge in [-0.2, -0.15) is 11.8 Å². The number of nitrogens with one attached hydrogen (secondary N) is 1. The van der Waals surface area contributed by atoms with E-state index in [0.717, 1.165) is 23.3 Å². The molecule has 0 spiro atoms. The van der Waals surface area contributed by atoms with Crippen LogP contribution in [0, 0.1) is 5.92 Å². The molecule has 0 saturated heterocycles. The Morgan fingerprint density at radius 3 is 2.89 bits per heavy atom. The number of likely N-dealkylation sites (N-methyl/N-ethyl adjacent to an activating group) is 1. The normalized spacial score (nSPS) is 25.7. The Hall–Kier alpha value is -0.220. The van der Waals surface area contributed by atoms with Gasteiger partial charge in [-0.15, -0.1) is 0 Å². The molecule has 0 aromatic carbocycles. The molecule has 18 heavy (non-hydrogen) atoms. The third kappa shape index (κ3) is 5.61. The lowest BCUT2D eigenvalue weighted by atomic mass is 9.91. The summed E-state index contributed by atoms with van der Waals surface area (Å²) in [5.74, 6) is 1.81. The van der Waals surface area contributed by atoms with Gasteiger partial charge in [0.25, 0.3) is 0 Å². The van der Waals surface area contributed by atoms with Gasteiger partial charge < -0.3 is 10.1 Å². The Morgan fingerprint density at radius 1 is 1.50 bits per heavy atom. The van der Waals surface area contributed by atoms with E-state index in [1.165, 1.54) is 25.7 Å². The van der Waals surface area contributed by atoms with Gasteiger partial charge in [0.1, 0.15) is 6.04 Å². The van der Waals surface area contributed by atoms with Crippen LogP contribution in [0.2, 0.25) is 0 Å². The van der Waals surface area contributed by atoms with Crippen LogP contribution in [0.4, 0.5) is 0 Å². The Morgan fingerprint density at radius 2 is 2.28 bits per heavy atom. The second-order valence-electron chi connectivity index (χ2n) is 5.15. The fraction of sp³-hybridized carbons (Fsp3) is 0.929. The van der Waals surface area contributed by atoms with Crippen LogP contribution in [-0.2, 0) is 9.53 Å². The van der Waals surface area contributed by atoms with E-state index >= 15 is 0 Å². The van der Waals surface area contributed by atoms with Gasteiger partial charge in [0.2, 0.25) is 0 Å². The van der Waals surface area contributed by atoms with Crippen LogP contribution < -0.4 is 5.32 Å². The lowest BCUT2D eigenvalue weighted by molar-refractivity contribution is -0.145. The molecule has 1 aliphatic carbocycles. The molecule has 1 aliphatic rings. The van der Waals surface area contributed by atoms with Crippen molar-refractivity contribution in [2.75, 3.05) is 19.4 Å². The Kier molecular flexibility index (Phi) is 7.75. The maximum atomic E-state index is 11.6. The smallest absolute Gasteiger partial charge is 0.323 e. The molecule has 0 bridgehead atoms. The van der Waals surface area contributed by atoms with E-state index in [2.05, 4.69) is 12.2 Å². The molecule has 3 nitrogen and oxygen atoms in total. The summed E-state index contributed by atoms with van der Waals surface area (Å²) in [5, 5.41) is 3.84. The van der Waals surface area contributed by atoms with E-state index in [1.807, 2.05) is 25.7 Å². The second-order valence-corrected chi connectivity index (χ2v) is 6.55. The van der Waals surface area contributed by atoms with E-state index in [0.29, 0.717) is 6.61 Å². The fourth-order valence-corrected chi connectivity index (χ4v) is 4.01. The van der Waals surface area contributed by atoms with E-state index < -0.39 is 0 Å². The van der Waals surface area contributed by atoms with Gasteiger partial charge >= 0.3 is 5.97 Å². The molecule has 0 radical (unpaired) electrons. The standard InChI is InChI=1S/C14H27NO2S/c1-4-17-14(16)13(15-3)8-9-18-12-7-5-6-11(2)10-12/h11-13,15H,4-10H2,1-3H3. The first-order valence-electron chi connectivity index (χ1n) is 7.12. The Balaban J connectivity index is 2.20. The van der Waals surface area contributed by atoms with Crippen molar-refractivity contribution in [3.8, 4) is 0 Å². The third-order valence-corrected chi connectivity index (χ3v) is 4.94. The van der Waals surface area contributed by atoms with E-state index in [1.54, 1.807) is 0 Å². The van der Waals surface area contributed by atoms with Gasteiger partial charge in [0, 0.05) is 5.25 Å². The molecule has 1 saturated carbocycles. The summed E-state index contributed by atoms with van der Waals surface area (Å²) in [6.07, 6.45) is 6.31. The zero-order valence-electron chi connectivity index (χ0n) is 11.9. The summed E-state index contributed by atoms with van der Waals surface area (Å²) in [5.41, 5.74) is 0. The molecule has 0 heterocycles. The molecular weight excluding hydrogens is 246 g/mol. The minimum absolute atomic E-state index is 0.113. The van der Waals surface area contributed by atoms with E-state index in [-0.39, 0.29) is 12.0 Å². The minimum atomic E-state index is -0.140. The van der Waals surface area contributed by atoms with Gasteiger partial charge in [-0.3, -0.25) is 4.79 Å². The van der Waals surface area contributed by atoms with Crippen molar-refractivity contribution in [3.05, 3.63) is 0 Å². The van der Waals surface area contributed by atoms with Crippen LogP contribution in [0.5, 0.6) is 0 Å². The van der Waals surface area contributed by atoms with Crippen molar-refractivity contribution in [2.45, 2.75) is 57.2 Å². The molecule has 0 amide bonds. The molecule has 1 fully saturated rings. The zero-order valence-corrected chi connectivity index (χ0v) is 12.7. The molecular formula is C14H27NO2S. The molecule has 3 unspecified atom stereocenters. The highest BCUT2D eigenvalue weighted by Gasteiger charge is 2.21. The number of esters is 1. The van der Waals surface area contributed by atoms with Gasteiger partial charge in [0.05, 0.1) is 6.61 Å². The lowest BCUT2D eigenvalue weighted by Gasteiger charge is -2.26. The van der Waals surface area contributed by atoms with E-state index in [9.17, 15) is 4.79 Å². The fourth-order valence-electron chi connectivity index (χ4n) is 2.51. The number of rotatable bonds is 7. The lowest BCUT2D eigenvalue weighted by Crippen LogP contribution is -2.36. The predicted molar refractivity (Wildman–Crippen MR) is 78.0 cm³/mol. The Bertz CT molecular complexity index is 248. The largest absolute Gasteiger partial charge is 0.465 e. The summed E-state index contributed by atoms with van der Waals surface area (Å²) in [7, 11) is 1.83. The minimum Gasteiger partial charge on any atom is -0.465 e. The molecule has 3 atom stereocenters. The molecule has 106 valence electrons. The third-order valence-electron chi connectivity index (χ3n) is 3.57. The summed E-state index contributed by atoms with van der Waals surface area (Å²) in [6.45, 7) is 4.66. The number of ether oxygens (including phenoxy) is 1. The van der Waals surface area contributed by atoms with Gasteiger partial charge in [-0.25, -0.2) is 0 Å². The number of thioether (sulfide) groups is 1. The van der Waals surface area contributed by atoms with Crippen molar-refractivity contribution < 1.29 is 9.53 Å². The summed E-state index contributed by atoms with van der Waals surface area (Å²) >= 11 is 2.03. The first kappa shape index (κ1) is 15.8. The van der Waals surface area contributed by atoms with Gasteiger partial charge in [0.15, 0.2) is 0 Å². The number of hydrogen-bond donors (Lipinski definition) is 1. The van der Waals surface area contributed by atoms with Crippen molar-refractivity contribution >= 4 is 17.7 Å². The SMILES string of the molecule is CCOC(=O)C(CCSC1CCCC(C)C1)NC.